The van der Waals surface area contributed by atoms with E-state index in [-0.39, 0.29) is 17.0 Å². The average Bonchev–Trinajstić information content (AvgIpc) is 2.37. The average molecular weight is 289 g/mol. The topological polar surface area (TPSA) is 34.1 Å². The molecule has 1 aromatic rings. The Bertz CT molecular complexity index is 465. The minimum Gasteiger partial charge on any atom is -0.224 e. The fourth-order valence-corrected chi connectivity index (χ4v) is 3.40. The molecule has 0 radical (unpaired) electrons. The van der Waals surface area contributed by atoms with Gasteiger partial charge in [-0.3, -0.25) is 0 Å². The summed E-state index contributed by atoms with van der Waals surface area (Å²) in [5.74, 6) is 0.439. The molecule has 18 heavy (non-hydrogen) atoms. The first-order valence-corrected chi connectivity index (χ1v) is 8.48. The lowest BCUT2D eigenvalue weighted by atomic mass is 9.96. The van der Waals surface area contributed by atoms with E-state index in [1.807, 2.05) is 26.0 Å². The highest BCUT2D eigenvalue weighted by Gasteiger charge is 2.17. The van der Waals surface area contributed by atoms with Crippen molar-refractivity contribution in [3.05, 3.63) is 29.8 Å². The summed E-state index contributed by atoms with van der Waals surface area (Å²) < 4.78 is 23.8. The van der Waals surface area contributed by atoms with Gasteiger partial charge in [-0.15, -0.1) is 11.6 Å². The molecule has 2 atom stereocenters. The van der Waals surface area contributed by atoms with Gasteiger partial charge in [-0.1, -0.05) is 32.9 Å². The Morgan fingerprint density at radius 3 is 2.17 bits per heavy atom. The van der Waals surface area contributed by atoms with Crippen LogP contribution in [-0.4, -0.2) is 19.5 Å². The molecule has 0 saturated carbocycles. The number of hydrogen-bond acceptors (Lipinski definition) is 2. The van der Waals surface area contributed by atoms with Gasteiger partial charge in [0.2, 0.25) is 0 Å². The number of sulfone groups is 1. The molecule has 4 heteroatoms. The standard InChI is InChI=1S/C14H21ClO2S/c1-4-10-18(16,17)13-8-6-12(7-9-13)11(3)14(15)5-2/h6-9,11,14H,4-5,10H2,1-3H3. The Balaban J connectivity index is 2.93. The van der Waals surface area contributed by atoms with E-state index in [9.17, 15) is 8.42 Å². The summed E-state index contributed by atoms with van der Waals surface area (Å²) in [5, 5.41) is 0.0862. The second-order valence-electron chi connectivity index (χ2n) is 4.60. The van der Waals surface area contributed by atoms with E-state index in [0.29, 0.717) is 11.3 Å². The first kappa shape index (κ1) is 15.5. The smallest absolute Gasteiger partial charge is 0.178 e. The molecule has 2 unspecified atom stereocenters. The largest absolute Gasteiger partial charge is 0.224 e. The summed E-state index contributed by atoms with van der Waals surface area (Å²) in [7, 11) is -3.11. The molecule has 0 N–H and O–H groups in total. The van der Waals surface area contributed by atoms with Gasteiger partial charge < -0.3 is 0 Å². The molecule has 0 fully saturated rings. The van der Waals surface area contributed by atoms with Crippen LogP contribution in [0.5, 0.6) is 0 Å². The van der Waals surface area contributed by atoms with Gasteiger partial charge in [0.25, 0.3) is 0 Å². The molecule has 1 aromatic carbocycles. The number of halogens is 1. The minimum atomic E-state index is -3.11. The summed E-state index contributed by atoms with van der Waals surface area (Å²) >= 11 is 6.21. The van der Waals surface area contributed by atoms with E-state index in [1.165, 1.54) is 0 Å². The van der Waals surface area contributed by atoms with Crippen LogP contribution in [0, 0.1) is 0 Å². The molecule has 2 nitrogen and oxygen atoms in total. The molecule has 0 aromatic heterocycles. The van der Waals surface area contributed by atoms with Crippen LogP contribution in [-0.2, 0) is 9.84 Å². The number of rotatable bonds is 6. The Kier molecular flexibility index (Phi) is 5.67. The van der Waals surface area contributed by atoms with Crippen molar-refractivity contribution in [2.45, 2.75) is 49.8 Å². The zero-order valence-electron chi connectivity index (χ0n) is 11.2. The molecular weight excluding hydrogens is 268 g/mol. The quantitative estimate of drug-likeness (QED) is 0.742. The van der Waals surface area contributed by atoms with Gasteiger partial charge in [0.15, 0.2) is 9.84 Å². The zero-order chi connectivity index (χ0) is 13.8. The van der Waals surface area contributed by atoms with Crippen molar-refractivity contribution in [3.8, 4) is 0 Å². The van der Waals surface area contributed by atoms with Gasteiger partial charge >= 0.3 is 0 Å². The van der Waals surface area contributed by atoms with Crippen LogP contribution in [0.15, 0.2) is 29.2 Å². The van der Waals surface area contributed by atoms with Crippen molar-refractivity contribution in [1.29, 1.82) is 0 Å². The summed E-state index contributed by atoms with van der Waals surface area (Å²) in [6.07, 6.45) is 1.54. The molecular formula is C14H21ClO2S. The number of alkyl halides is 1. The van der Waals surface area contributed by atoms with Crippen molar-refractivity contribution in [2.24, 2.45) is 0 Å². The summed E-state index contributed by atoms with van der Waals surface area (Å²) in [6.45, 7) is 5.98. The summed E-state index contributed by atoms with van der Waals surface area (Å²) in [5.41, 5.74) is 1.09. The molecule has 0 amide bonds. The van der Waals surface area contributed by atoms with Gasteiger partial charge in [-0.2, -0.15) is 0 Å². The van der Waals surface area contributed by atoms with E-state index in [4.69, 9.17) is 11.6 Å². The zero-order valence-corrected chi connectivity index (χ0v) is 12.8. The normalized spacial score (nSPS) is 15.3. The first-order valence-electron chi connectivity index (χ1n) is 6.39. The van der Waals surface area contributed by atoms with Crippen molar-refractivity contribution in [2.75, 3.05) is 5.75 Å². The van der Waals surface area contributed by atoms with E-state index >= 15 is 0 Å². The van der Waals surface area contributed by atoms with Crippen molar-refractivity contribution in [3.63, 3.8) is 0 Å². The molecule has 0 bridgehead atoms. The number of benzene rings is 1. The Morgan fingerprint density at radius 1 is 1.17 bits per heavy atom. The molecule has 0 aliphatic rings. The molecule has 1 rings (SSSR count). The van der Waals surface area contributed by atoms with Gasteiger partial charge in [-0.25, -0.2) is 8.42 Å². The van der Waals surface area contributed by atoms with Crippen molar-refractivity contribution in [1.82, 2.24) is 0 Å². The van der Waals surface area contributed by atoms with Crippen molar-refractivity contribution < 1.29 is 8.42 Å². The fraction of sp³-hybridized carbons (Fsp3) is 0.571. The lowest BCUT2D eigenvalue weighted by Gasteiger charge is -2.17. The lowest BCUT2D eigenvalue weighted by Crippen LogP contribution is -2.09. The summed E-state index contributed by atoms with van der Waals surface area (Å²) in [6, 6.07) is 7.13. The maximum atomic E-state index is 11.9. The van der Waals surface area contributed by atoms with E-state index in [0.717, 1.165) is 12.0 Å². The lowest BCUT2D eigenvalue weighted by molar-refractivity contribution is 0.594. The predicted octanol–water partition coefficient (Wildman–Crippen LogP) is 3.99. The van der Waals surface area contributed by atoms with Gasteiger partial charge in [0.1, 0.15) is 0 Å². The van der Waals surface area contributed by atoms with Gasteiger partial charge in [0, 0.05) is 5.38 Å². The van der Waals surface area contributed by atoms with Gasteiger partial charge in [-0.05, 0) is 36.5 Å². The molecule has 0 saturated heterocycles. The molecule has 0 spiro atoms. The van der Waals surface area contributed by atoms with E-state index < -0.39 is 9.84 Å². The second kappa shape index (κ2) is 6.58. The molecule has 102 valence electrons. The van der Waals surface area contributed by atoms with Crippen LogP contribution in [0.3, 0.4) is 0 Å². The fourth-order valence-electron chi connectivity index (χ4n) is 1.93. The summed E-state index contributed by atoms with van der Waals surface area (Å²) in [4.78, 5) is 0.405. The third-order valence-corrected chi connectivity index (χ3v) is 5.79. The highest BCUT2D eigenvalue weighted by Crippen LogP contribution is 2.26. The first-order chi connectivity index (χ1) is 8.42. The van der Waals surface area contributed by atoms with Gasteiger partial charge in [0.05, 0.1) is 10.6 Å². The monoisotopic (exact) mass is 288 g/mol. The minimum absolute atomic E-state index is 0.0862. The predicted molar refractivity (Wildman–Crippen MR) is 77.1 cm³/mol. The van der Waals surface area contributed by atoms with Crippen molar-refractivity contribution >= 4 is 21.4 Å². The maximum Gasteiger partial charge on any atom is 0.178 e. The van der Waals surface area contributed by atoms with E-state index in [2.05, 4.69) is 6.92 Å². The molecule has 0 aliphatic carbocycles. The van der Waals surface area contributed by atoms with Crippen LogP contribution in [0.1, 0.15) is 45.1 Å². The Morgan fingerprint density at radius 2 is 1.72 bits per heavy atom. The van der Waals surface area contributed by atoms with Crippen LogP contribution in [0.4, 0.5) is 0 Å². The molecule has 0 aliphatic heterocycles. The number of hydrogen-bond donors (Lipinski definition) is 0. The van der Waals surface area contributed by atoms with Crippen LogP contribution in [0.25, 0.3) is 0 Å². The SMILES string of the molecule is CCCS(=O)(=O)c1ccc(C(C)C(Cl)CC)cc1. The van der Waals surface area contributed by atoms with E-state index in [1.54, 1.807) is 12.1 Å². The second-order valence-corrected chi connectivity index (χ2v) is 7.27. The third-order valence-electron chi connectivity index (χ3n) is 3.17. The third kappa shape index (κ3) is 3.72. The molecule has 0 heterocycles. The maximum absolute atomic E-state index is 11.9. The Hall–Kier alpha value is -0.540. The Labute approximate surface area is 115 Å². The highest BCUT2D eigenvalue weighted by molar-refractivity contribution is 7.91. The van der Waals surface area contributed by atoms with Crippen LogP contribution >= 0.6 is 11.6 Å². The van der Waals surface area contributed by atoms with Crippen LogP contribution in [0.2, 0.25) is 0 Å². The van der Waals surface area contributed by atoms with Crippen LogP contribution < -0.4 is 0 Å². The highest BCUT2D eigenvalue weighted by atomic mass is 35.5.